The molecule has 0 bridgehead atoms. The molecule has 2 atom stereocenters. The molecule has 0 aromatic heterocycles. The van der Waals surface area contributed by atoms with Crippen molar-refractivity contribution in [2.45, 2.75) is 59.4 Å². The number of rotatable bonds is 10. The smallest absolute Gasteiger partial charge is 0.255 e. The molecule has 0 aliphatic heterocycles. The third-order valence-corrected chi connectivity index (χ3v) is 4.18. The van der Waals surface area contributed by atoms with E-state index < -0.39 is 11.8 Å². The first kappa shape index (κ1) is 21.2. The first-order chi connectivity index (χ1) is 11.8. The van der Waals surface area contributed by atoms with Gasteiger partial charge in [-0.25, -0.2) is 5.48 Å². The van der Waals surface area contributed by atoms with Gasteiger partial charge in [-0.05, 0) is 43.1 Å². The largest absolute Gasteiger partial charge is 0.353 e. The van der Waals surface area contributed by atoms with Gasteiger partial charge in [-0.2, -0.15) is 0 Å². The van der Waals surface area contributed by atoms with Gasteiger partial charge in [0, 0.05) is 6.04 Å². The Morgan fingerprint density at radius 1 is 0.960 bits per heavy atom. The van der Waals surface area contributed by atoms with Crippen LogP contribution in [0.4, 0.5) is 0 Å². The van der Waals surface area contributed by atoms with E-state index in [-0.39, 0.29) is 17.9 Å². The lowest BCUT2D eigenvalue weighted by atomic mass is 9.93. The van der Waals surface area contributed by atoms with Crippen LogP contribution in [-0.2, 0) is 16.0 Å². The van der Waals surface area contributed by atoms with Crippen LogP contribution < -0.4 is 10.8 Å². The van der Waals surface area contributed by atoms with Crippen LogP contribution >= 0.6 is 0 Å². The standard InChI is InChI=1S/C20H32N2O3/c1-14(2)12-17(11-10-16-8-6-5-7-9-16)21-19(23)18(13-15(3)4)20(24)22-25/h5-9,14-15,17-18,25H,10-13H2,1-4H3,(H,21,23)(H,22,24). The number of hydrogen-bond donors (Lipinski definition) is 3. The summed E-state index contributed by atoms with van der Waals surface area (Å²) >= 11 is 0. The average molecular weight is 348 g/mol. The Labute approximate surface area is 151 Å². The molecule has 0 saturated heterocycles. The van der Waals surface area contributed by atoms with Gasteiger partial charge < -0.3 is 5.32 Å². The quantitative estimate of drug-likeness (QED) is 0.345. The summed E-state index contributed by atoms with van der Waals surface area (Å²) in [6, 6.07) is 10.2. The van der Waals surface area contributed by atoms with Crippen LogP contribution in [0.25, 0.3) is 0 Å². The lowest BCUT2D eigenvalue weighted by Gasteiger charge is -2.24. The first-order valence-electron chi connectivity index (χ1n) is 9.11. The highest BCUT2D eigenvalue weighted by Crippen LogP contribution is 2.16. The monoisotopic (exact) mass is 348 g/mol. The Bertz CT molecular complexity index is 529. The van der Waals surface area contributed by atoms with Crippen LogP contribution in [0.1, 0.15) is 52.5 Å². The molecule has 5 heteroatoms. The normalized spacial score (nSPS) is 13.6. The van der Waals surface area contributed by atoms with Crippen molar-refractivity contribution >= 4 is 11.8 Å². The molecule has 140 valence electrons. The van der Waals surface area contributed by atoms with Gasteiger partial charge in [-0.1, -0.05) is 58.0 Å². The summed E-state index contributed by atoms with van der Waals surface area (Å²) < 4.78 is 0. The van der Waals surface area contributed by atoms with Crippen molar-refractivity contribution in [3.05, 3.63) is 35.9 Å². The molecule has 0 radical (unpaired) electrons. The zero-order chi connectivity index (χ0) is 18.8. The van der Waals surface area contributed by atoms with Crippen LogP contribution in [0.5, 0.6) is 0 Å². The molecule has 2 amide bonds. The fraction of sp³-hybridized carbons (Fsp3) is 0.600. The van der Waals surface area contributed by atoms with E-state index >= 15 is 0 Å². The number of hydroxylamine groups is 1. The summed E-state index contributed by atoms with van der Waals surface area (Å²) in [6.07, 6.45) is 2.96. The Morgan fingerprint density at radius 2 is 1.56 bits per heavy atom. The second kappa shape index (κ2) is 10.9. The molecule has 2 unspecified atom stereocenters. The highest BCUT2D eigenvalue weighted by Gasteiger charge is 2.29. The van der Waals surface area contributed by atoms with Crippen molar-refractivity contribution in [3.63, 3.8) is 0 Å². The van der Waals surface area contributed by atoms with E-state index in [1.54, 1.807) is 5.48 Å². The minimum Gasteiger partial charge on any atom is -0.353 e. The van der Waals surface area contributed by atoms with Gasteiger partial charge in [0.25, 0.3) is 5.91 Å². The zero-order valence-corrected chi connectivity index (χ0v) is 15.8. The molecular formula is C20H32N2O3. The molecule has 0 spiro atoms. The van der Waals surface area contributed by atoms with E-state index in [1.165, 1.54) is 5.56 Å². The molecule has 0 aliphatic rings. The molecule has 0 saturated carbocycles. The van der Waals surface area contributed by atoms with Gasteiger partial charge in [-0.3, -0.25) is 14.8 Å². The number of hydrogen-bond acceptors (Lipinski definition) is 3. The van der Waals surface area contributed by atoms with E-state index in [9.17, 15) is 9.59 Å². The van der Waals surface area contributed by atoms with Crippen LogP contribution in [0.15, 0.2) is 30.3 Å². The topological polar surface area (TPSA) is 78.4 Å². The molecule has 5 nitrogen and oxygen atoms in total. The van der Waals surface area contributed by atoms with Crippen LogP contribution in [0.3, 0.4) is 0 Å². The molecular weight excluding hydrogens is 316 g/mol. The van der Waals surface area contributed by atoms with Gasteiger partial charge in [0.1, 0.15) is 5.92 Å². The highest BCUT2D eigenvalue weighted by atomic mass is 16.5. The molecule has 0 fully saturated rings. The number of carbonyl (C=O) groups is 2. The summed E-state index contributed by atoms with van der Waals surface area (Å²) in [6.45, 7) is 8.14. The summed E-state index contributed by atoms with van der Waals surface area (Å²) in [4.78, 5) is 24.4. The van der Waals surface area contributed by atoms with E-state index in [0.717, 1.165) is 19.3 Å². The van der Waals surface area contributed by atoms with Gasteiger partial charge in [-0.15, -0.1) is 0 Å². The minimum atomic E-state index is -0.864. The maximum absolute atomic E-state index is 12.6. The van der Waals surface area contributed by atoms with Gasteiger partial charge >= 0.3 is 0 Å². The summed E-state index contributed by atoms with van der Waals surface area (Å²) in [7, 11) is 0. The van der Waals surface area contributed by atoms with Crippen molar-refractivity contribution < 1.29 is 14.8 Å². The molecule has 0 heterocycles. The van der Waals surface area contributed by atoms with Crippen LogP contribution in [0, 0.1) is 17.8 Å². The molecule has 0 aliphatic carbocycles. The molecule has 3 N–H and O–H groups in total. The van der Waals surface area contributed by atoms with Gasteiger partial charge in [0.2, 0.25) is 5.91 Å². The fourth-order valence-electron chi connectivity index (χ4n) is 2.99. The number of aryl methyl sites for hydroxylation is 1. The van der Waals surface area contributed by atoms with Crippen molar-refractivity contribution in [2.24, 2.45) is 17.8 Å². The summed E-state index contributed by atoms with van der Waals surface area (Å²) in [5, 5.41) is 11.9. The Balaban J connectivity index is 2.73. The summed E-state index contributed by atoms with van der Waals surface area (Å²) in [5.74, 6) is -1.19. The number of carbonyl (C=O) groups excluding carboxylic acids is 2. The minimum absolute atomic E-state index is 0.00820. The van der Waals surface area contributed by atoms with E-state index in [2.05, 4.69) is 31.3 Å². The lowest BCUT2D eigenvalue weighted by molar-refractivity contribution is -0.141. The molecule has 1 rings (SSSR count). The first-order valence-corrected chi connectivity index (χ1v) is 9.11. The SMILES string of the molecule is CC(C)CC(CCc1ccccc1)NC(=O)C(CC(C)C)C(=O)NO. The second-order valence-corrected chi connectivity index (χ2v) is 7.52. The Kier molecular flexibility index (Phi) is 9.21. The number of amides is 2. The summed E-state index contributed by atoms with van der Waals surface area (Å²) in [5.41, 5.74) is 2.86. The Morgan fingerprint density at radius 3 is 2.08 bits per heavy atom. The molecule has 25 heavy (non-hydrogen) atoms. The maximum Gasteiger partial charge on any atom is 0.255 e. The lowest BCUT2D eigenvalue weighted by Crippen LogP contribution is -2.45. The second-order valence-electron chi connectivity index (χ2n) is 7.52. The predicted octanol–water partition coefficient (Wildman–Crippen LogP) is 3.32. The van der Waals surface area contributed by atoms with E-state index in [1.807, 2.05) is 32.0 Å². The van der Waals surface area contributed by atoms with E-state index in [4.69, 9.17) is 5.21 Å². The predicted molar refractivity (Wildman–Crippen MR) is 99.0 cm³/mol. The Hall–Kier alpha value is -1.88. The number of nitrogens with one attached hydrogen (secondary N) is 2. The maximum atomic E-state index is 12.6. The average Bonchev–Trinajstić information content (AvgIpc) is 2.57. The third kappa shape index (κ3) is 8.16. The van der Waals surface area contributed by atoms with Gasteiger partial charge in [0.15, 0.2) is 0 Å². The zero-order valence-electron chi connectivity index (χ0n) is 15.8. The van der Waals surface area contributed by atoms with Crippen molar-refractivity contribution in [1.82, 2.24) is 10.8 Å². The van der Waals surface area contributed by atoms with Crippen LogP contribution in [-0.4, -0.2) is 23.1 Å². The van der Waals surface area contributed by atoms with Crippen molar-refractivity contribution in [1.29, 1.82) is 0 Å². The molecule has 1 aromatic rings. The highest BCUT2D eigenvalue weighted by molar-refractivity contribution is 5.99. The fourth-order valence-corrected chi connectivity index (χ4v) is 2.99. The number of benzene rings is 1. The van der Waals surface area contributed by atoms with Crippen LogP contribution in [0.2, 0.25) is 0 Å². The van der Waals surface area contributed by atoms with Crippen molar-refractivity contribution in [2.75, 3.05) is 0 Å². The van der Waals surface area contributed by atoms with Gasteiger partial charge in [0.05, 0.1) is 0 Å². The van der Waals surface area contributed by atoms with E-state index in [0.29, 0.717) is 12.3 Å². The third-order valence-electron chi connectivity index (χ3n) is 4.18. The molecule has 1 aromatic carbocycles. The van der Waals surface area contributed by atoms with Crippen molar-refractivity contribution in [3.8, 4) is 0 Å².